The highest BCUT2D eigenvalue weighted by molar-refractivity contribution is 6.00. The zero-order valence-electron chi connectivity index (χ0n) is 15.4. The standard InChI is InChI=1S/C21H28O3/c1-7-8-9-10-15-14(4)18(12-17(15)22)24-20(23)19-16(11-13(2)3)21(19,5)6/h7-9,11,16,18-19H,1,10,12H2,2-6H3/b9-8+/t16-,18-,19-/m0/s1. The number of esters is 1. The van der Waals surface area contributed by atoms with Crippen LogP contribution in [0, 0.1) is 17.3 Å². The Kier molecular flexibility index (Phi) is 5.32. The second-order valence-corrected chi connectivity index (χ2v) is 7.65. The van der Waals surface area contributed by atoms with Gasteiger partial charge in [-0.1, -0.05) is 50.3 Å². The molecule has 0 bridgehead atoms. The Bertz CT molecular complexity index is 642. The molecule has 0 aromatic rings. The van der Waals surface area contributed by atoms with Gasteiger partial charge in [-0.25, -0.2) is 0 Å². The summed E-state index contributed by atoms with van der Waals surface area (Å²) in [6, 6.07) is 0. The Labute approximate surface area is 145 Å². The number of carbonyl (C=O) groups excluding carboxylic acids is 2. The summed E-state index contributed by atoms with van der Waals surface area (Å²) in [5.41, 5.74) is 2.80. The van der Waals surface area contributed by atoms with Crippen molar-refractivity contribution >= 4 is 11.8 Å². The van der Waals surface area contributed by atoms with Gasteiger partial charge in [0.15, 0.2) is 5.78 Å². The SMILES string of the molecule is C=C/C=C/CC1=C(C)[C@@H](OC(=O)[C@@H]2[C@H](C=C(C)C)C2(C)C)CC1=O. The fraction of sp³-hybridized carbons (Fsp3) is 0.524. The van der Waals surface area contributed by atoms with Crippen LogP contribution in [0.15, 0.2) is 47.6 Å². The van der Waals surface area contributed by atoms with Crippen LogP contribution in [0.4, 0.5) is 0 Å². The van der Waals surface area contributed by atoms with Crippen molar-refractivity contribution in [3.63, 3.8) is 0 Å². The minimum Gasteiger partial charge on any atom is -0.457 e. The summed E-state index contributed by atoms with van der Waals surface area (Å²) in [5.74, 6) is 0.0175. The molecule has 24 heavy (non-hydrogen) atoms. The van der Waals surface area contributed by atoms with Crippen LogP contribution in [-0.2, 0) is 14.3 Å². The Morgan fingerprint density at radius 2 is 2.04 bits per heavy atom. The molecule has 0 aromatic carbocycles. The van der Waals surface area contributed by atoms with E-state index >= 15 is 0 Å². The van der Waals surface area contributed by atoms with Crippen molar-refractivity contribution in [2.45, 2.75) is 53.6 Å². The summed E-state index contributed by atoms with van der Waals surface area (Å²) in [7, 11) is 0. The van der Waals surface area contributed by atoms with Crippen LogP contribution in [0.1, 0.15) is 47.5 Å². The van der Waals surface area contributed by atoms with E-state index in [2.05, 4.69) is 26.5 Å². The Balaban J connectivity index is 2.05. The molecule has 0 N–H and O–H groups in total. The first-order valence-electron chi connectivity index (χ1n) is 8.56. The van der Waals surface area contributed by atoms with Gasteiger partial charge in [0.2, 0.25) is 0 Å². The van der Waals surface area contributed by atoms with E-state index in [0.29, 0.717) is 6.42 Å². The highest BCUT2D eigenvalue weighted by Crippen LogP contribution is 2.60. The van der Waals surface area contributed by atoms with E-state index in [1.165, 1.54) is 5.57 Å². The monoisotopic (exact) mass is 328 g/mol. The highest BCUT2D eigenvalue weighted by Gasteiger charge is 2.61. The predicted octanol–water partition coefficient (Wildman–Crippen LogP) is 4.56. The van der Waals surface area contributed by atoms with Gasteiger partial charge < -0.3 is 4.74 Å². The minimum atomic E-state index is -0.402. The quantitative estimate of drug-likeness (QED) is 0.408. The first-order chi connectivity index (χ1) is 11.2. The van der Waals surface area contributed by atoms with Crippen molar-refractivity contribution in [2.75, 3.05) is 0 Å². The number of carbonyl (C=O) groups is 2. The van der Waals surface area contributed by atoms with Gasteiger partial charge in [-0.2, -0.15) is 0 Å². The number of hydrogen-bond donors (Lipinski definition) is 0. The van der Waals surface area contributed by atoms with Crippen LogP contribution >= 0.6 is 0 Å². The molecule has 130 valence electrons. The van der Waals surface area contributed by atoms with E-state index in [4.69, 9.17) is 4.74 Å². The Hall–Kier alpha value is -1.90. The maximum absolute atomic E-state index is 12.6. The molecule has 1 fully saturated rings. The predicted molar refractivity (Wildman–Crippen MR) is 96.4 cm³/mol. The molecule has 2 aliphatic carbocycles. The molecule has 0 amide bonds. The number of allylic oxidation sites excluding steroid dienone is 6. The lowest BCUT2D eigenvalue weighted by Gasteiger charge is -2.13. The largest absolute Gasteiger partial charge is 0.457 e. The molecule has 0 aromatic heterocycles. The highest BCUT2D eigenvalue weighted by atomic mass is 16.5. The number of hydrogen-bond acceptors (Lipinski definition) is 3. The van der Waals surface area contributed by atoms with E-state index in [1.807, 2.05) is 32.9 Å². The summed E-state index contributed by atoms with van der Waals surface area (Å²) >= 11 is 0. The van der Waals surface area contributed by atoms with Crippen molar-refractivity contribution in [3.05, 3.63) is 47.6 Å². The maximum atomic E-state index is 12.6. The first-order valence-corrected chi connectivity index (χ1v) is 8.56. The summed E-state index contributed by atoms with van der Waals surface area (Å²) in [4.78, 5) is 24.8. The van der Waals surface area contributed by atoms with E-state index in [-0.39, 0.29) is 35.4 Å². The van der Waals surface area contributed by atoms with E-state index in [0.717, 1.165) is 11.1 Å². The lowest BCUT2D eigenvalue weighted by molar-refractivity contribution is -0.150. The van der Waals surface area contributed by atoms with Crippen LogP contribution < -0.4 is 0 Å². The van der Waals surface area contributed by atoms with Gasteiger partial charge in [0.1, 0.15) is 6.10 Å². The molecule has 3 heteroatoms. The third-order valence-corrected chi connectivity index (χ3v) is 5.20. The molecule has 0 spiro atoms. The third kappa shape index (κ3) is 3.61. The summed E-state index contributed by atoms with van der Waals surface area (Å²) in [5, 5.41) is 0. The average molecular weight is 328 g/mol. The van der Waals surface area contributed by atoms with Gasteiger partial charge in [-0.3, -0.25) is 9.59 Å². The van der Waals surface area contributed by atoms with Gasteiger partial charge in [0.05, 0.1) is 12.3 Å². The van der Waals surface area contributed by atoms with Gasteiger partial charge in [-0.15, -0.1) is 0 Å². The van der Waals surface area contributed by atoms with E-state index in [9.17, 15) is 9.59 Å². The van der Waals surface area contributed by atoms with Crippen LogP contribution in [0.25, 0.3) is 0 Å². The van der Waals surface area contributed by atoms with E-state index in [1.54, 1.807) is 6.08 Å². The second kappa shape index (κ2) is 6.92. The fourth-order valence-corrected chi connectivity index (χ4v) is 3.56. The van der Waals surface area contributed by atoms with Crippen LogP contribution in [0.5, 0.6) is 0 Å². The Morgan fingerprint density at radius 1 is 1.38 bits per heavy atom. The molecule has 0 heterocycles. The lowest BCUT2D eigenvalue weighted by Crippen LogP contribution is -2.20. The number of ether oxygens (including phenoxy) is 1. The lowest BCUT2D eigenvalue weighted by atomic mass is 10.1. The topological polar surface area (TPSA) is 43.4 Å². The smallest absolute Gasteiger partial charge is 0.310 e. The molecular weight excluding hydrogens is 300 g/mol. The molecular formula is C21H28O3. The summed E-state index contributed by atoms with van der Waals surface area (Å²) in [6.45, 7) is 13.8. The molecule has 0 aliphatic heterocycles. The summed E-state index contributed by atoms with van der Waals surface area (Å²) < 4.78 is 5.71. The second-order valence-electron chi connectivity index (χ2n) is 7.65. The minimum absolute atomic E-state index is 0.0654. The van der Waals surface area contributed by atoms with Crippen LogP contribution in [-0.4, -0.2) is 17.9 Å². The molecule has 2 aliphatic rings. The normalized spacial score (nSPS) is 28.2. The van der Waals surface area contributed by atoms with Gasteiger partial charge in [-0.05, 0) is 44.1 Å². The molecule has 2 rings (SSSR count). The molecule has 1 saturated carbocycles. The van der Waals surface area contributed by atoms with E-state index < -0.39 is 6.10 Å². The fourth-order valence-electron chi connectivity index (χ4n) is 3.56. The van der Waals surface area contributed by atoms with Crippen molar-refractivity contribution < 1.29 is 14.3 Å². The zero-order valence-corrected chi connectivity index (χ0v) is 15.4. The molecule has 0 unspecified atom stereocenters. The third-order valence-electron chi connectivity index (χ3n) is 5.20. The van der Waals surface area contributed by atoms with Crippen molar-refractivity contribution in [1.29, 1.82) is 0 Å². The van der Waals surface area contributed by atoms with Crippen molar-refractivity contribution in [1.82, 2.24) is 0 Å². The molecule has 0 radical (unpaired) electrons. The Morgan fingerprint density at radius 3 is 2.62 bits per heavy atom. The van der Waals surface area contributed by atoms with Crippen LogP contribution in [0.2, 0.25) is 0 Å². The molecule has 0 saturated heterocycles. The molecule has 3 nitrogen and oxygen atoms in total. The van der Waals surface area contributed by atoms with Gasteiger partial charge in [0, 0.05) is 5.57 Å². The summed E-state index contributed by atoms with van der Waals surface area (Å²) in [6.07, 6.45) is 8.01. The number of rotatable bonds is 6. The van der Waals surface area contributed by atoms with Gasteiger partial charge >= 0.3 is 5.97 Å². The molecule has 3 atom stereocenters. The maximum Gasteiger partial charge on any atom is 0.310 e. The zero-order chi connectivity index (χ0) is 18.1. The average Bonchev–Trinajstić information content (AvgIpc) is 2.90. The van der Waals surface area contributed by atoms with Crippen molar-refractivity contribution in [2.24, 2.45) is 17.3 Å². The number of ketones is 1. The van der Waals surface area contributed by atoms with Gasteiger partial charge in [0.25, 0.3) is 0 Å². The van der Waals surface area contributed by atoms with Crippen molar-refractivity contribution in [3.8, 4) is 0 Å². The first kappa shape index (κ1) is 18.4. The van der Waals surface area contributed by atoms with Crippen LogP contribution in [0.3, 0.4) is 0 Å². The number of Topliss-reactive ketones (excluding diaryl/α,β-unsaturated/α-hetero) is 1.